The van der Waals surface area contributed by atoms with Crippen molar-refractivity contribution in [3.8, 4) is 0 Å². The number of benzene rings is 1. The second kappa shape index (κ2) is 7.31. The molecule has 1 fully saturated rings. The van der Waals surface area contributed by atoms with E-state index in [0.717, 1.165) is 18.8 Å². The quantitative estimate of drug-likeness (QED) is 0.622. The third kappa shape index (κ3) is 4.11. The molecule has 0 atom stereocenters. The predicted molar refractivity (Wildman–Crippen MR) is 85.6 cm³/mol. The molecule has 2 rings (SSSR count). The molecule has 1 aliphatic carbocycles. The Labute approximate surface area is 126 Å². The maximum absolute atomic E-state index is 11.8. The van der Waals surface area contributed by atoms with E-state index in [4.69, 9.17) is 10.5 Å². The van der Waals surface area contributed by atoms with Gasteiger partial charge in [-0.15, -0.1) is 0 Å². The van der Waals surface area contributed by atoms with Gasteiger partial charge in [-0.3, -0.25) is 0 Å². The molecule has 0 spiro atoms. The number of carbonyl (C=O) groups excluding carboxylic acids is 1. The number of likely N-dealkylation sites (N-methyl/N-ethyl adjacent to an activating group) is 1. The fourth-order valence-corrected chi connectivity index (χ4v) is 2.89. The fourth-order valence-electron chi connectivity index (χ4n) is 2.89. The standard InChI is InChI=1S/C16H25N3O2/c1-19(13-5-3-4-6-13)10-9-18-15-8-7-12(17)11-14(15)16(20)21-2/h7-8,11,13,18H,3-6,9-10,17H2,1-2H3. The zero-order valence-electron chi connectivity index (χ0n) is 12.9. The number of ether oxygens (including phenoxy) is 1. The van der Waals surface area contributed by atoms with E-state index in [-0.39, 0.29) is 5.97 Å². The summed E-state index contributed by atoms with van der Waals surface area (Å²) in [5.74, 6) is -0.367. The van der Waals surface area contributed by atoms with Crippen molar-refractivity contribution in [1.29, 1.82) is 0 Å². The van der Waals surface area contributed by atoms with Gasteiger partial charge in [0, 0.05) is 30.5 Å². The molecule has 0 aliphatic heterocycles. The summed E-state index contributed by atoms with van der Waals surface area (Å²) in [7, 11) is 3.55. The molecule has 5 heteroatoms. The first-order chi connectivity index (χ1) is 10.1. The Morgan fingerprint density at radius 2 is 2.14 bits per heavy atom. The van der Waals surface area contributed by atoms with E-state index in [1.165, 1.54) is 32.8 Å². The first-order valence-corrected chi connectivity index (χ1v) is 7.53. The number of nitrogens with zero attached hydrogens (tertiary/aromatic N) is 1. The zero-order chi connectivity index (χ0) is 15.2. The molecule has 1 saturated carbocycles. The van der Waals surface area contributed by atoms with Gasteiger partial charge in [-0.25, -0.2) is 4.79 Å². The average Bonchev–Trinajstić information content (AvgIpc) is 3.02. The van der Waals surface area contributed by atoms with Crippen molar-refractivity contribution in [3.05, 3.63) is 23.8 Å². The lowest BCUT2D eigenvalue weighted by Crippen LogP contribution is -2.33. The van der Waals surface area contributed by atoms with Crippen LogP contribution in [0, 0.1) is 0 Å². The maximum atomic E-state index is 11.8. The summed E-state index contributed by atoms with van der Waals surface area (Å²) in [6.45, 7) is 1.75. The number of esters is 1. The Kier molecular flexibility index (Phi) is 5.44. The highest BCUT2D eigenvalue weighted by molar-refractivity contribution is 5.96. The van der Waals surface area contributed by atoms with Crippen molar-refractivity contribution in [2.24, 2.45) is 0 Å². The van der Waals surface area contributed by atoms with Gasteiger partial charge in [0.05, 0.1) is 12.7 Å². The van der Waals surface area contributed by atoms with Crippen LogP contribution in [0.4, 0.5) is 11.4 Å². The van der Waals surface area contributed by atoms with Gasteiger partial charge in [0.15, 0.2) is 0 Å². The highest BCUT2D eigenvalue weighted by atomic mass is 16.5. The maximum Gasteiger partial charge on any atom is 0.340 e. The summed E-state index contributed by atoms with van der Waals surface area (Å²) < 4.78 is 4.80. The van der Waals surface area contributed by atoms with Crippen LogP contribution in [-0.4, -0.2) is 44.2 Å². The van der Waals surface area contributed by atoms with Crippen LogP contribution in [0.1, 0.15) is 36.0 Å². The lowest BCUT2D eigenvalue weighted by molar-refractivity contribution is 0.0602. The van der Waals surface area contributed by atoms with Crippen LogP contribution in [0.25, 0.3) is 0 Å². The van der Waals surface area contributed by atoms with Crippen LogP contribution >= 0.6 is 0 Å². The van der Waals surface area contributed by atoms with Gasteiger partial charge < -0.3 is 20.7 Å². The number of hydrogen-bond acceptors (Lipinski definition) is 5. The highest BCUT2D eigenvalue weighted by Gasteiger charge is 2.19. The van der Waals surface area contributed by atoms with Gasteiger partial charge in [-0.2, -0.15) is 0 Å². The van der Waals surface area contributed by atoms with E-state index in [1.54, 1.807) is 12.1 Å². The van der Waals surface area contributed by atoms with Crippen molar-refractivity contribution < 1.29 is 9.53 Å². The van der Waals surface area contributed by atoms with Gasteiger partial charge in [0.2, 0.25) is 0 Å². The van der Waals surface area contributed by atoms with Crippen molar-refractivity contribution >= 4 is 17.3 Å². The number of anilines is 2. The summed E-state index contributed by atoms with van der Waals surface area (Å²) >= 11 is 0. The third-order valence-electron chi connectivity index (χ3n) is 4.18. The second-order valence-corrected chi connectivity index (χ2v) is 5.64. The van der Waals surface area contributed by atoms with E-state index in [2.05, 4.69) is 17.3 Å². The monoisotopic (exact) mass is 291 g/mol. The van der Waals surface area contributed by atoms with E-state index in [0.29, 0.717) is 17.3 Å². The first kappa shape index (κ1) is 15.6. The Hall–Kier alpha value is -1.75. The van der Waals surface area contributed by atoms with Crippen molar-refractivity contribution in [2.45, 2.75) is 31.7 Å². The predicted octanol–water partition coefficient (Wildman–Crippen LogP) is 2.34. The summed E-state index contributed by atoms with van der Waals surface area (Å²) in [6, 6.07) is 5.97. The Morgan fingerprint density at radius 1 is 1.43 bits per heavy atom. The van der Waals surface area contributed by atoms with Crippen LogP contribution in [0.3, 0.4) is 0 Å². The molecule has 0 aromatic heterocycles. The molecule has 0 radical (unpaired) electrons. The zero-order valence-corrected chi connectivity index (χ0v) is 12.9. The molecule has 21 heavy (non-hydrogen) atoms. The summed E-state index contributed by atoms with van der Waals surface area (Å²) in [5, 5.41) is 3.31. The number of methoxy groups -OCH3 is 1. The number of nitrogens with one attached hydrogen (secondary N) is 1. The Bertz CT molecular complexity index is 484. The molecule has 0 saturated heterocycles. The molecular formula is C16H25N3O2. The van der Waals surface area contributed by atoms with Crippen LogP contribution in [-0.2, 0) is 4.74 Å². The lowest BCUT2D eigenvalue weighted by atomic mass is 10.1. The summed E-state index contributed by atoms with van der Waals surface area (Å²) in [5.41, 5.74) is 7.56. The molecule has 0 heterocycles. The molecular weight excluding hydrogens is 266 g/mol. The van der Waals surface area contributed by atoms with Crippen LogP contribution < -0.4 is 11.1 Å². The topological polar surface area (TPSA) is 67.6 Å². The number of nitrogen functional groups attached to an aromatic ring is 1. The molecule has 1 aromatic carbocycles. The SMILES string of the molecule is COC(=O)c1cc(N)ccc1NCCN(C)C1CCCC1. The van der Waals surface area contributed by atoms with Gasteiger partial charge in [0.1, 0.15) is 0 Å². The lowest BCUT2D eigenvalue weighted by Gasteiger charge is -2.24. The van der Waals surface area contributed by atoms with E-state index in [9.17, 15) is 4.79 Å². The molecule has 5 nitrogen and oxygen atoms in total. The van der Waals surface area contributed by atoms with Gasteiger partial charge in [-0.05, 0) is 38.1 Å². The normalized spacial score (nSPS) is 15.4. The van der Waals surface area contributed by atoms with Crippen LogP contribution in [0.5, 0.6) is 0 Å². The van der Waals surface area contributed by atoms with E-state index < -0.39 is 0 Å². The van der Waals surface area contributed by atoms with Gasteiger partial charge in [-0.1, -0.05) is 12.8 Å². The largest absolute Gasteiger partial charge is 0.465 e. The number of carbonyl (C=O) groups is 1. The minimum atomic E-state index is -0.367. The molecule has 0 amide bonds. The molecule has 0 unspecified atom stereocenters. The van der Waals surface area contributed by atoms with Crippen molar-refractivity contribution in [1.82, 2.24) is 4.90 Å². The van der Waals surface area contributed by atoms with Crippen LogP contribution in [0.15, 0.2) is 18.2 Å². The van der Waals surface area contributed by atoms with E-state index >= 15 is 0 Å². The number of nitrogens with two attached hydrogens (primary N) is 1. The smallest absolute Gasteiger partial charge is 0.340 e. The second-order valence-electron chi connectivity index (χ2n) is 5.64. The highest BCUT2D eigenvalue weighted by Crippen LogP contribution is 2.22. The first-order valence-electron chi connectivity index (χ1n) is 7.53. The molecule has 116 valence electrons. The van der Waals surface area contributed by atoms with Gasteiger partial charge >= 0.3 is 5.97 Å². The molecule has 1 aliphatic rings. The fraction of sp³-hybridized carbons (Fsp3) is 0.562. The van der Waals surface area contributed by atoms with E-state index in [1.807, 2.05) is 6.07 Å². The summed E-state index contributed by atoms with van der Waals surface area (Å²) in [4.78, 5) is 14.2. The minimum absolute atomic E-state index is 0.367. The summed E-state index contributed by atoms with van der Waals surface area (Å²) in [6.07, 6.45) is 5.28. The third-order valence-corrected chi connectivity index (χ3v) is 4.18. The number of rotatable bonds is 6. The Morgan fingerprint density at radius 3 is 2.81 bits per heavy atom. The van der Waals surface area contributed by atoms with Crippen LogP contribution in [0.2, 0.25) is 0 Å². The van der Waals surface area contributed by atoms with Gasteiger partial charge in [0.25, 0.3) is 0 Å². The Balaban J connectivity index is 1.91. The number of hydrogen-bond donors (Lipinski definition) is 2. The van der Waals surface area contributed by atoms with Crippen molar-refractivity contribution in [2.75, 3.05) is 38.3 Å². The minimum Gasteiger partial charge on any atom is -0.465 e. The average molecular weight is 291 g/mol. The molecule has 1 aromatic rings. The molecule has 0 bridgehead atoms. The molecule has 3 N–H and O–H groups in total. The van der Waals surface area contributed by atoms with Crippen molar-refractivity contribution in [3.63, 3.8) is 0 Å².